The molecule has 0 saturated heterocycles. The first-order valence-corrected chi connectivity index (χ1v) is 10.6. The van der Waals surface area contributed by atoms with Gasteiger partial charge in [0.2, 0.25) is 5.91 Å². The lowest BCUT2D eigenvalue weighted by Gasteiger charge is -2.12. The zero-order chi connectivity index (χ0) is 22.7. The molecule has 0 spiro atoms. The zero-order valence-corrected chi connectivity index (χ0v) is 18.0. The Hall–Kier alpha value is -3.93. The van der Waals surface area contributed by atoms with Crippen LogP contribution in [0.3, 0.4) is 0 Å². The summed E-state index contributed by atoms with van der Waals surface area (Å²) in [7, 11) is 0. The van der Waals surface area contributed by atoms with Crippen molar-refractivity contribution in [2.45, 2.75) is 20.3 Å². The van der Waals surface area contributed by atoms with Crippen molar-refractivity contribution in [3.05, 3.63) is 89.5 Å². The summed E-state index contributed by atoms with van der Waals surface area (Å²) in [6.07, 6.45) is 0.905. The van der Waals surface area contributed by atoms with E-state index in [-0.39, 0.29) is 23.6 Å². The minimum absolute atomic E-state index is 0.00670. The average molecular weight is 428 g/mol. The van der Waals surface area contributed by atoms with Crippen molar-refractivity contribution >= 4 is 34.8 Å². The fourth-order valence-corrected chi connectivity index (χ4v) is 3.48. The Kier molecular flexibility index (Phi) is 6.03. The van der Waals surface area contributed by atoms with Crippen LogP contribution in [-0.2, 0) is 4.79 Å². The first-order chi connectivity index (χ1) is 15.4. The standard InChI is InChI=1S/C26H25N3O3/c1-16-11-12-21(27-24(30)18-7-4-3-5-8-18)15-23(16)29-25(31)19-9-6-10-20(14-19)28-26(32)22-13-17(22)2/h3-12,14-15,17,22H,13H2,1-2H3,(H,27,30)(H,28,32)(H,29,31)/t17-,22-/m1/s1. The van der Waals surface area contributed by atoms with Gasteiger partial charge in [-0.2, -0.15) is 0 Å². The minimum Gasteiger partial charge on any atom is -0.326 e. The molecule has 0 unspecified atom stereocenters. The van der Waals surface area contributed by atoms with Gasteiger partial charge in [0.05, 0.1) is 0 Å². The van der Waals surface area contributed by atoms with Crippen LogP contribution >= 0.6 is 0 Å². The minimum atomic E-state index is -0.296. The quantitative estimate of drug-likeness (QED) is 0.512. The fraction of sp³-hybridized carbons (Fsp3) is 0.192. The van der Waals surface area contributed by atoms with E-state index in [9.17, 15) is 14.4 Å². The zero-order valence-electron chi connectivity index (χ0n) is 18.0. The van der Waals surface area contributed by atoms with Crippen molar-refractivity contribution in [3.8, 4) is 0 Å². The van der Waals surface area contributed by atoms with Crippen LogP contribution in [0.2, 0.25) is 0 Å². The molecule has 32 heavy (non-hydrogen) atoms. The van der Waals surface area contributed by atoms with Gasteiger partial charge in [-0.15, -0.1) is 0 Å². The third kappa shape index (κ3) is 5.03. The van der Waals surface area contributed by atoms with Crippen LogP contribution in [0, 0.1) is 18.8 Å². The average Bonchev–Trinajstić information content (AvgIpc) is 3.53. The highest BCUT2D eigenvalue weighted by Crippen LogP contribution is 2.38. The Morgan fingerprint density at radius 1 is 0.750 bits per heavy atom. The van der Waals surface area contributed by atoms with Crippen LogP contribution in [0.4, 0.5) is 17.1 Å². The Bertz CT molecular complexity index is 1170. The number of benzene rings is 3. The molecular formula is C26H25N3O3. The molecule has 1 aliphatic rings. The molecule has 0 heterocycles. The van der Waals surface area contributed by atoms with Crippen molar-refractivity contribution in [3.63, 3.8) is 0 Å². The highest BCUT2D eigenvalue weighted by Gasteiger charge is 2.39. The van der Waals surface area contributed by atoms with E-state index in [0.29, 0.717) is 34.1 Å². The molecule has 3 N–H and O–H groups in total. The lowest BCUT2D eigenvalue weighted by Crippen LogP contribution is -2.17. The number of rotatable bonds is 6. The molecule has 2 atom stereocenters. The van der Waals surface area contributed by atoms with Crippen molar-refractivity contribution in [1.82, 2.24) is 0 Å². The van der Waals surface area contributed by atoms with E-state index in [0.717, 1.165) is 12.0 Å². The Morgan fingerprint density at radius 2 is 1.41 bits per heavy atom. The monoisotopic (exact) mass is 427 g/mol. The normalized spacial score (nSPS) is 16.7. The van der Waals surface area contributed by atoms with Gasteiger partial charge in [0.25, 0.3) is 11.8 Å². The molecule has 1 aliphatic carbocycles. The Morgan fingerprint density at radius 3 is 2.12 bits per heavy atom. The molecular weight excluding hydrogens is 402 g/mol. The van der Waals surface area contributed by atoms with E-state index in [1.807, 2.05) is 26.0 Å². The summed E-state index contributed by atoms with van der Waals surface area (Å²) < 4.78 is 0. The number of hydrogen-bond donors (Lipinski definition) is 3. The van der Waals surface area contributed by atoms with E-state index in [4.69, 9.17) is 0 Å². The van der Waals surface area contributed by atoms with Gasteiger partial charge in [0.1, 0.15) is 0 Å². The van der Waals surface area contributed by atoms with Crippen LogP contribution in [0.25, 0.3) is 0 Å². The largest absolute Gasteiger partial charge is 0.326 e. The van der Waals surface area contributed by atoms with Crippen molar-refractivity contribution in [2.75, 3.05) is 16.0 Å². The second-order valence-electron chi connectivity index (χ2n) is 8.19. The molecule has 1 fully saturated rings. The van der Waals surface area contributed by atoms with Crippen molar-refractivity contribution in [1.29, 1.82) is 0 Å². The predicted octanol–water partition coefficient (Wildman–Crippen LogP) is 5.09. The Labute approximate surface area is 187 Å². The molecule has 0 aromatic heterocycles. The number of carbonyl (C=O) groups is 3. The summed E-state index contributed by atoms with van der Waals surface area (Å²) in [4.78, 5) is 37.4. The summed E-state index contributed by atoms with van der Waals surface area (Å²) in [5, 5.41) is 8.64. The molecule has 4 rings (SSSR count). The van der Waals surface area contributed by atoms with Gasteiger partial charge in [-0.25, -0.2) is 0 Å². The van der Waals surface area contributed by atoms with E-state index in [1.54, 1.807) is 60.7 Å². The summed E-state index contributed by atoms with van der Waals surface area (Å²) >= 11 is 0. The van der Waals surface area contributed by atoms with Gasteiger partial charge >= 0.3 is 0 Å². The highest BCUT2D eigenvalue weighted by molar-refractivity contribution is 6.07. The van der Waals surface area contributed by atoms with Crippen LogP contribution in [-0.4, -0.2) is 17.7 Å². The number of aryl methyl sites for hydroxylation is 1. The van der Waals surface area contributed by atoms with E-state index < -0.39 is 0 Å². The third-order valence-electron chi connectivity index (χ3n) is 5.62. The van der Waals surface area contributed by atoms with Crippen LogP contribution in [0.15, 0.2) is 72.8 Å². The lowest BCUT2D eigenvalue weighted by atomic mass is 10.1. The van der Waals surface area contributed by atoms with Crippen molar-refractivity contribution < 1.29 is 14.4 Å². The molecule has 6 nitrogen and oxygen atoms in total. The lowest BCUT2D eigenvalue weighted by molar-refractivity contribution is -0.117. The van der Waals surface area contributed by atoms with Gasteiger partial charge in [0.15, 0.2) is 0 Å². The van der Waals surface area contributed by atoms with Crippen LogP contribution in [0.1, 0.15) is 39.6 Å². The highest BCUT2D eigenvalue weighted by atomic mass is 16.2. The van der Waals surface area contributed by atoms with Gasteiger partial charge in [-0.05, 0) is 67.3 Å². The first-order valence-electron chi connectivity index (χ1n) is 10.6. The SMILES string of the molecule is Cc1ccc(NC(=O)c2ccccc2)cc1NC(=O)c1cccc(NC(=O)[C@@H]2C[C@H]2C)c1. The summed E-state index contributed by atoms with van der Waals surface area (Å²) in [6.45, 7) is 3.93. The fourth-order valence-electron chi connectivity index (χ4n) is 3.48. The van der Waals surface area contributed by atoms with Gasteiger partial charge < -0.3 is 16.0 Å². The van der Waals surface area contributed by atoms with Gasteiger partial charge in [0, 0.05) is 34.1 Å². The first kappa shape index (κ1) is 21.3. The van der Waals surface area contributed by atoms with Gasteiger partial charge in [-0.3, -0.25) is 14.4 Å². The topological polar surface area (TPSA) is 87.3 Å². The molecule has 1 saturated carbocycles. The molecule has 162 valence electrons. The van der Waals surface area contributed by atoms with Crippen LogP contribution in [0.5, 0.6) is 0 Å². The Balaban J connectivity index is 1.45. The molecule has 3 aromatic carbocycles. The number of carbonyl (C=O) groups excluding carboxylic acids is 3. The maximum absolute atomic E-state index is 12.8. The second-order valence-corrected chi connectivity index (χ2v) is 8.19. The summed E-state index contributed by atoms with van der Waals surface area (Å²) in [5.41, 5.74) is 3.63. The molecule has 3 amide bonds. The molecule has 0 bridgehead atoms. The molecule has 3 aromatic rings. The number of hydrogen-bond acceptors (Lipinski definition) is 3. The number of amides is 3. The second kappa shape index (κ2) is 9.06. The third-order valence-corrected chi connectivity index (χ3v) is 5.62. The van der Waals surface area contributed by atoms with E-state index in [2.05, 4.69) is 16.0 Å². The van der Waals surface area contributed by atoms with Crippen molar-refractivity contribution in [2.24, 2.45) is 11.8 Å². The predicted molar refractivity (Wildman–Crippen MR) is 126 cm³/mol. The van der Waals surface area contributed by atoms with Crippen LogP contribution < -0.4 is 16.0 Å². The number of anilines is 3. The van der Waals surface area contributed by atoms with E-state index in [1.165, 1.54) is 0 Å². The molecule has 0 aliphatic heterocycles. The summed E-state index contributed by atoms with van der Waals surface area (Å²) in [5.74, 6) is -0.0495. The maximum Gasteiger partial charge on any atom is 0.255 e. The summed E-state index contributed by atoms with van der Waals surface area (Å²) in [6, 6.07) is 21.2. The molecule has 0 radical (unpaired) electrons. The number of nitrogens with one attached hydrogen (secondary N) is 3. The van der Waals surface area contributed by atoms with E-state index >= 15 is 0 Å². The van der Waals surface area contributed by atoms with Gasteiger partial charge in [-0.1, -0.05) is 37.3 Å². The smallest absolute Gasteiger partial charge is 0.255 e. The maximum atomic E-state index is 12.8. The molecule has 6 heteroatoms.